The van der Waals surface area contributed by atoms with E-state index < -0.39 is 11.9 Å². The molecule has 0 aromatic carbocycles. The van der Waals surface area contributed by atoms with Crippen molar-refractivity contribution < 1.29 is 14.7 Å². The molecule has 1 aliphatic carbocycles. The lowest BCUT2D eigenvalue weighted by Crippen LogP contribution is -2.39. The molecule has 0 aromatic heterocycles. The van der Waals surface area contributed by atoms with Crippen molar-refractivity contribution in [1.82, 2.24) is 4.90 Å². The molecule has 0 radical (unpaired) electrons. The van der Waals surface area contributed by atoms with Crippen molar-refractivity contribution in [2.45, 2.75) is 64.8 Å². The van der Waals surface area contributed by atoms with Crippen LogP contribution in [0, 0.1) is 11.8 Å². The molecule has 1 fully saturated rings. The smallest absolute Gasteiger partial charge is 0.307 e. The third-order valence-corrected chi connectivity index (χ3v) is 4.04. The van der Waals surface area contributed by atoms with Crippen molar-refractivity contribution in [3.8, 4) is 0 Å². The van der Waals surface area contributed by atoms with Gasteiger partial charge in [-0.3, -0.25) is 9.59 Å². The van der Waals surface area contributed by atoms with Crippen molar-refractivity contribution in [3.05, 3.63) is 0 Å². The van der Waals surface area contributed by atoms with Crippen molar-refractivity contribution in [2.24, 2.45) is 11.8 Å². The van der Waals surface area contributed by atoms with E-state index in [1.807, 2.05) is 20.9 Å². The number of hydrogen-bond donors (Lipinski definition) is 1. The Hall–Kier alpha value is -1.06. The highest BCUT2D eigenvalue weighted by atomic mass is 16.4. The van der Waals surface area contributed by atoms with E-state index in [1.165, 1.54) is 19.3 Å². The van der Waals surface area contributed by atoms with E-state index in [-0.39, 0.29) is 12.3 Å². The Morgan fingerprint density at radius 2 is 1.79 bits per heavy atom. The number of aliphatic carboxylic acids is 1. The number of carboxylic acid groups (broad SMARTS) is 1. The molecule has 0 aromatic rings. The monoisotopic (exact) mass is 269 g/mol. The molecule has 0 unspecified atom stereocenters. The lowest BCUT2D eigenvalue weighted by molar-refractivity contribution is -0.147. The fourth-order valence-electron chi connectivity index (χ4n) is 2.87. The van der Waals surface area contributed by atoms with Crippen LogP contribution >= 0.6 is 0 Å². The van der Waals surface area contributed by atoms with Crippen LogP contribution in [-0.4, -0.2) is 35.0 Å². The Balaban J connectivity index is 2.52. The highest BCUT2D eigenvalue weighted by Gasteiger charge is 2.27. The number of rotatable bonds is 6. The summed E-state index contributed by atoms with van der Waals surface area (Å²) in [6, 6.07) is 0.315. The molecule has 0 saturated heterocycles. The van der Waals surface area contributed by atoms with Crippen molar-refractivity contribution in [2.75, 3.05) is 7.05 Å². The second-order valence-corrected chi connectivity index (χ2v) is 6.17. The molecule has 19 heavy (non-hydrogen) atoms. The molecule has 1 rings (SSSR count). The van der Waals surface area contributed by atoms with Gasteiger partial charge in [0, 0.05) is 19.5 Å². The van der Waals surface area contributed by atoms with Gasteiger partial charge in [-0.25, -0.2) is 0 Å². The summed E-state index contributed by atoms with van der Waals surface area (Å²) in [5.41, 5.74) is 0. The third kappa shape index (κ3) is 5.21. The largest absolute Gasteiger partial charge is 0.481 e. The van der Waals surface area contributed by atoms with Crippen LogP contribution in [0.4, 0.5) is 0 Å². The molecule has 1 atom stereocenters. The van der Waals surface area contributed by atoms with Crippen LogP contribution in [0.2, 0.25) is 0 Å². The maximum absolute atomic E-state index is 12.2. The second-order valence-electron chi connectivity index (χ2n) is 6.17. The lowest BCUT2D eigenvalue weighted by atomic mass is 9.91. The predicted octanol–water partition coefficient (Wildman–Crippen LogP) is 2.91. The predicted molar refractivity (Wildman–Crippen MR) is 74.8 cm³/mol. The number of amides is 1. The van der Waals surface area contributed by atoms with Crippen LogP contribution in [0.3, 0.4) is 0 Å². The molecule has 0 aliphatic heterocycles. The van der Waals surface area contributed by atoms with Crippen LogP contribution in [0.1, 0.15) is 58.8 Å². The molecule has 0 heterocycles. The zero-order valence-corrected chi connectivity index (χ0v) is 12.4. The van der Waals surface area contributed by atoms with E-state index in [2.05, 4.69) is 0 Å². The van der Waals surface area contributed by atoms with Gasteiger partial charge in [-0.1, -0.05) is 33.1 Å². The fraction of sp³-hybridized carbons (Fsp3) is 0.867. The minimum absolute atomic E-state index is 0.0139. The van der Waals surface area contributed by atoms with Gasteiger partial charge in [-0.05, 0) is 25.2 Å². The number of carbonyl (C=O) groups is 2. The lowest BCUT2D eigenvalue weighted by Gasteiger charge is -2.32. The Morgan fingerprint density at radius 1 is 1.21 bits per heavy atom. The first-order chi connectivity index (χ1) is 8.91. The van der Waals surface area contributed by atoms with Gasteiger partial charge >= 0.3 is 5.97 Å². The highest BCUT2D eigenvalue weighted by molar-refractivity contribution is 5.82. The molecule has 1 aliphatic rings. The Bertz CT molecular complexity index is 309. The second kappa shape index (κ2) is 7.51. The third-order valence-electron chi connectivity index (χ3n) is 4.04. The van der Waals surface area contributed by atoms with E-state index in [0.717, 1.165) is 12.8 Å². The van der Waals surface area contributed by atoms with Crippen LogP contribution in [0.25, 0.3) is 0 Å². The summed E-state index contributed by atoms with van der Waals surface area (Å²) < 4.78 is 0. The first kappa shape index (κ1) is 16.0. The molecule has 1 N–H and O–H groups in total. The molecule has 110 valence electrons. The molecule has 1 amide bonds. The van der Waals surface area contributed by atoms with Gasteiger partial charge in [0.25, 0.3) is 0 Å². The maximum atomic E-state index is 12.2. The number of carbonyl (C=O) groups excluding carboxylic acids is 1. The molecule has 1 saturated carbocycles. The summed E-state index contributed by atoms with van der Waals surface area (Å²) in [4.78, 5) is 25.2. The first-order valence-corrected chi connectivity index (χ1v) is 7.40. The van der Waals surface area contributed by atoms with Gasteiger partial charge in [-0.2, -0.15) is 0 Å². The van der Waals surface area contributed by atoms with Gasteiger partial charge in [0.2, 0.25) is 5.91 Å². The van der Waals surface area contributed by atoms with Gasteiger partial charge in [0.1, 0.15) is 0 Å². The summed E-state index contributed by atoms with van der Waals surface area (Å²) in [5, 5.41) is 9.19. The summed E-state index contributed by atoms with van der Waals surface area (Å²) in [6.45, 7) is 3.98. The summed E-state index contributed by atoms with van der Waals surface area (Å²) in [5.74, 6) is -1.11. The standard InChI is InChI=1S/C15H27NO3/c1-11(2)9-12(15(18)19)10-14(17)16(3)13-7-5-4-6-8-13/h11-13H,4-10H2,1-3H3,(H,18,19)/t12-/m1/s1. The van der Waals surface area contributed by atoms with E-state index in [4.69, 9.17) is 0 Å². The van der Waals surface area contributed by atoms with Crippen molar-refractivity contribution in [3.63, 3.8) is 0 Å². The maximum Gasteiger partial charge on any atom is 0.307 e. The Morgan fingerprint density at radius 3 is 2.26 bits per heavy atom. The van der Waals surface area contributed by atoms with Crippen molar-refractivity contribution in [1.29, 1.82) is 0 Å². The summed E-state index contributed by atoms with van der Waals surface area (Å²) >= 11 is 0. The molecule has 4 heteroatoms. The first-order valence-electron chi connectivity index (χ1n) is 7.40. The van der Waals surface area contributed by atoms with Crippen LogP contribution < -0.4 is 0 Å². The van der Waals surface area contributed by atoms with Gasteiger partial charge in [-0.15, -0.1) is 0 Å². The van der Waals surface area contributed by atoms with E-state index >= 15 is 0 Å². The average Bonchev–Trinajstić information content (AvgIpc) is 2.37. The molecular weight excluding hydrogens is 242 g/mol. The molecular formula is C15H27NO3. The Kier molecular flexibility index (Phi) is 6.32. The summed E-state index contributed by atoms with van der Waals surface area (Å²) in [7, 11) is 1.83. The Labute approximate surface area is 116 Å². The molecule has 0 bridgehead atoms. The fourth-order valence-corrected chi connectivity index (χ4v) is 2.87. The zero-order chi connectivity index (χ0) is 14.4. The minimum atomic E-state index is -0.848. The van der Waals surface area contributed by atoms with Crippen LogP contribution in [0.15, 0.2) is 0 Å². The number of hydrogen-bond acceptors (Lipinski definition) is 2. The van der Waals surface area contributed by atoms with Crippen LogP contribution in [0.5, 0.6) is 0 Å². The topological polar surface area (TPSA) is 57.6 Å². The van der Waals surface area contributed by atoms with Gasteiger partial charge < -0.3 is 10.0 Å². The van der Waals surface area contributed by atoms with Crippen molar-refractivity contribution >= 4 is 11.9 Å². The zero-order valence-electron chi connectivity index (χ0n) is 12.4. The number of carboxylic acids is 1. The SMILES string of the molecule is CC(C)C[C@H](CC(=O)N(C)C1CCCCC1)C(=O)O. The van der Waals surface area contributed by atoms with E-state index in [1.54, 1.807) is 4.90 Å². The normalized spacial score (nSPS) is 18.3. The number of nitrogens with zero attached hydrogens (tertiary/aromatic N) is 1. The molecule has 0 spiro atoms. The summed E-state index contributed by atoms with van der Waals surface area (Å²) in [6.07, 6.45) is 6.44. The van der Waals surface area contributed by atoms with E-state index in [9.17, 15) is 14.7 Å². The van der Waals surface area contributed by atoms with E-state index in [0.29, 0.717) is 18.4 Å². The van der Waals surface area contributed by atoms with Gasteiger partial charge in [0.05, 0.1) is 5.92 Å². The quantitative estimate of drug-likeness (QED) is 0.806. The highest BCUT2D eigenvalue weighted by Crippen LogP contribution is 2.24. The molecule has 4 nitrogen and oxygen atoms in total. The van der Waals surface area contributed by atoms with Gasteiger partial charge in [0.15, 0.2) is 0 Å². The average molecular weight is 269 g/mol. The van der Waals surface area contributed by atoms with Crippen LogP contribution in [-0.2, 0) is 9.59 Å². The minimum Gasteiger partial charge on any atom is -0.481 e.